The lowest BCUT2D eigenvalue weighted by Gasteiger charge is -2.32. The van der Waals surface area contributed by atoms with Gasteiger partial charge in [0.1, 0.15) is 5.82 Å². The van der Waals surface area contributed by atoms with E-state index >= 15 is 0 Å². The van der Waals surface area contributed by atoms with E-state index < -0.39 is 31.5 Å². The topological polar surface area (TPSA) is 156 Å². The summed E-state index contributed by atoms with van der Waals surface area (Å²) in [7, 11) is -1.04. The van der Waals surface area contributed by atoms with Crippen molar-refractivity contribution in [3.63, 3.8) is 0 Å². The summed E-state index contributed by atoms with van der Waals surface area (Å²) >= 11 is 5.05. The SMILES string of the molecule is CC1(C)OB(c2cccc3nc(N)nn23)OC1(C)C.CCOC(=O)NC(=S)Nc1cccc(B2OC(C)(C)C(C)(C)O2)n1. The van der Waals surface area contributed by atoms with Gasteiger partial charge < -0.3 is 34.4 Å². The first-order chi connectivity index (χ1) is 19.9. The number of nitrogen functional groups attached to an aromatic ring is 1. The maximum Gasteiger partial charge on any atom is 0.514 e. The van der Waals surface area contributed by atoms with E-state index in [0.717, 1.165) is 5.59 Å². The quantitative estimate of drug-likeness (QED) is 0.293. The van der Waals surface area contributed by atoms with Gasteiger partial charge in [-0.05, 0) is 98.8 Å². The third kappa shape index (κ3) is 7.10. The third-order valence-electron chi connectivity index (χ3n) is 7.90. The Morgan fingerprint density at radius 3 is 2.05 bits per heavy atom. The van der Waals surface area contributed by atoms with E-state index in [-0.39, 0.29) is 28.9 Å². The molecular formula is C27H39B2N7O6S. The van der Waals surface area contributed by atoms with Crippen LogP contribution in [0.25, 0.3) is 5.65 Å². The highest BCUT2D eigenvalue weighted by Crippen LogP contribution is 2.37. The lowest BCUT2D eigenvalue weighted by atomic mass is 9.84. The highest BCUT2D eigenvalue weighted by atomic mass is 32.1. The number of alkyl carbamates (subject to hydrolysis) is 1. The lowest BCUT2D eigenvalue weighted by molar-refractivity contribution is 0.00578. The largest absolute Gasteiger partial charge is 0.514 e. The summed E-state index contributed by atoms with van der Waals surface area (Å²) in [6.07, 6.45) is -0.614. The molecule has 230 valence electrons. The molecule has 0 saturated carbocycles. The van der Waals surface area contributed by atoms with Crippen LogP contribution < -0.4 is 27.6 Å². The summed E-state index contributed by atoms with van der Waals surface area (Å²) in [6.45, 7) is 18.0. The van der Waals surface area contributed by atoms with Gasteiger partial charge in [0, 0.05) is 0 Å². The molecule has 2 saturated heterocycles. The average molecular weight is 611 g/mol. The number of carbonyl (C=O) groups is 1. The third-order valence-corrected chi connectivity index (χ3v) is 8.10. The number of nitrogens with one attached hydrogen (secondary N) is 2. The normalized spacial score (nSPS) is 19.5. The molecule has 2 fully saturated rings. The fourth-order valence-electron chi connectivity index (χ4n) is 4.11. The smallest absolute Gasteiger partial charge is 0.450 e. The Kier molecular flexibility index (Phi) is 9.10. The molecule has 2 aliphatic heterocycles. The average Bonchev–Trinajstić information content (AvgIpc) is 3.45. The molecule has 16 heteroatoms. The highest BCUT2D eigenvalue weighted by molar-refractivity contribution is 7.80. The molecule has 13 nitrogen and oxygen atoms in total. The number of nitrogens with two attached hydrogens (primary N) is 1. The zero-order chi connectivity index (χ0) is 31.8. The van der Waals surface area contributed by atoms with Crippen molar-refractivity contribution in [1.82, 2.24) is 24.9 Å². The number of amides is 1. The number of pyridine rings is 2. The second-order valence-corrected chi connectivity index (χ2v) is 12.5. The van der Waals surface area contributed by atoms with Crippen LogP contribution in [-0.2, 0) is 23.4 Å². The molecule has 5 heterocycles. The number of aromatic nitrogens is 4. The van der Waals surface area contributed by atoms with Gasteiger partial charge in [0.15, 0.2) is 10.8 Å². The second kappa shape index (κ2) is 12.0. The molecule has 0 bridgehead atoms. The van der Waals surface area contributed by atoms with Crippen molar-refractivity contribution in [3.8, 4) is 0 Å². The van der Waals surface area contributed by atoms with Crippen molar-refractivity contribution in [2.75, 3.05) is 17.7 Å². The highest BCUT2D eigenvalue weighted by Gasteiger charge is 2.53. The van der Waals surface area contributed by atoms with Crippen LogP contribution >= 0.6 is 12.2 Å². The van der Waals surface area contributed by atoms with Crippen LogP contribution in [0.4, 0.5) is 16.6 Å². The molecule has 0 aromatic carbocycles. The number of rotatable bonds is 4. The van der Waals surface area contributed by atoms with Crippen LogP contribution in [0.5, 0.6) is 0 Å². The van der Waals surface area contributed by atoms with Crippen LogP contribution in [0, 0.1) is 0 Å². The molecule has 4 N–H and O–H groups in total. The van der Waals surface area contributed by atoms with Crippen molar-refractivity contribution in [2.24, 2.45) is 0 Å². The Morgan fingerprint density at radius 2 is 1.47 bits per heavy atom. The van der Waals surface area contributed by atoms with Crippen LogP contribution in [0.1, 0.15) is 62.3 Å². The first-order valence-electron chi connectivity index (χ1n) is 14.0. The van der Waals surface area contributed by atoms with Crippen molar-refractivity contribution < 1.29 is 28.1 Å². The summed E-state index contributed by atoms with van der Waals surface area (Å²) in [5, 5.41) is 9.52. The van der Waals surface area contributed by atoms with Gasteiger partial charge in [0.2, 0.25) is 5.95 Å². The molecule has 3 aromatic rings. The van der Waals surface area contributed by atoms with Gasteiger partial charge in [-0.3, -0.25) is 5.32 Å². The van der Waals surface area contributed by atoms with E-state index in [1.807, 2.05) is 85.7 Å². The summed E-state index contributed by atoms with van der Waals surface area (Å²) in [5.74, 6) is 0.716. The van der Waals surface area contributed by atoms with Crippen LogP contribution in [0.2, 0.25) is 0 Å². The molecular weight excluding hydrogens is 572 g/mol. The van der Waals surface area contributed by atoms with E-state index in [1.165, 1.54) is 0 Å². The molecule has 0 atom stereocenters. The first kappa shape index (κ1) is 32.6. The Bertz CT molecular complexity index is 1470. The van der Waals surface area contributed by atoms with Gasteiger partial charge in [0.25, 0.3) is 0 Å². The van der Waals surface area contributed by atoms with Crippen molar-refractivity contribution in [3.05, 3.63) is 36.4 Å². The molecule has 0 aliphatic carbocycles. The number of nitrogens with zero attached hydrogens (tertiary/aromatic N) is 4. The molecule has 2 aliphatic rings. The number of hydrogen-bond acceptors (Lipinski definition) is 11. The molecule has 0 radical (unpaired) electrons. The van der Waals surface area contributed by atoms with Gasteiger partial charge in [-0.25, -0.2) is 14.3 Å². The van der Waals surface area contributed by atoms with E-state index in [0.29, 0.717) is 17.1 Å². The van der Waals surface area contributed by atoms with Crippen molar-refractivity contribution in [1.29, 1.82) is 0 Å². The standard InChI is InChI=1S/C15H22BN3O4S.C12H17BN4O2/c1-6-21-13(20)19-12(24)18-11-9-7-8-10(17-11)16-22-14(2,3)15(4,5)23-16;1-11(2)12(3,4)19-13(18-11)8-6-5-7-9-15-10(14)16-17(8)9/h7-9H,6H2,1-5H3,(H2,17,18,19,20,24);5-7H,1-4H3,(H2,14,16). The monoisotopic (exact) mass is 611 g/mol. The number of ether oxygens (including phenoxy) is 1. The maximum atomic E-state index is 11.3. The maximum absolute atomic E-state index is 11.3. The van der Waals surface area contributed by atoms with E-state index in [2.05, 4.69) is 25.7 Å². The van der Waals surface area contributed by atoms with E-state index in [1.54, 1.807) is 17.5 Å². The van der Waals surface area contributed by atoms with Crippen molar-refractivity contribution >= 4 is 66.3 Å². The fourth-order valence-corrected chi connectivity index (χ4v) is 4.30. The number of fused-ring (bicyclic) bond motifs is 1. The zero-order valence-corrected chi connectivity index (χ0v) is 26.9. The van der Waals surface area contributed by atoms with Crippen molar-refractivity contribution in [2.45, 2.75) is 84.7 Å². The minimum Gasteiger partial charge on any atom is -0.450 e. The van der Waals surface area contributed by atoms with Gasteiger partial charge in [-0.1, -0.05) is 12.1 Å². The summed E-state index contributed by atoms with van der Waals surface area (Å²) in [6, 6.07) is 11.0. The predicted molar refractivity (Wildman–Crippen MR) is 169 cm³/mol. The fraction of sp³-hybridized carbons (Fsp3) is 0.519. The molecule has 0 unspecified atom stereocenters. The molecule has 43 heavy (non-hydrogen) atoms. The summed E-state index contributed by atoms with van der Waals surface area (Å²) in [5.41, 5.74) is 6.09. The van der Waals surface area contributed by atoms with Gasteiger partial charge in [-0.2, -0.15) is 4.98 Å². The first-order valence-corrected chi connectivity index (χ1v) is 14.4. The van der Waals surface area contributed by atoms with Crippen LogP contribution in [0.3, 0.4) is 0 Å². The Labute approximate surface area is 257 Å². The number of hydrogen-bond donors (Lipinski definition) is 3. The number of thiocarbonyl (C=S) groups is 1. The number of anilines is 2. The Morgan fingerprint density at radius 1 is 0.907 bits per heavy atom. The Balaban J connectivity index is 0.000000202. The lowest BCUT2D eigenvalue weighted by Crippen LogP contribution is -2.41. The van der Waals surface area contributed by atoms with Crippen LogP contribution in [-0.4, -0.2) is 74.0 Å². The minimum atomic E-state index is -0.614. The van der Waals surface area contributed by atoms with Crippen LogP contribution in [0.15, 0.2) is 36.4 Å². The molecule has 5 rings (SSSR count). The summed E-state index contributed by atoms with van der Waals surface area (Å²) < 4.78 is 30.4. The minimum absolute atomic E-state index is 0.104. The molecule has 1 amide bonds. The van der Waals surface area contributed by atoms with Gasteiger partial charge in [0.05, 0.1) is 40.2 Å². The van der Waals surface area contributed by atoms with Gasteiger partial charge in [-0.15, -0.1) is 5.10 Å². The van der Waals surface area contributed by atoms with E-state index in [9.17, 15) is 4.79 Å². The predicted octanol–water partition coefficient (Wildman–Crippen LogP) is 2.43. The summed E-state index contributed by atoms with van der Waals surface area (Å²) in [4.78, 5) is 19.9. The van der Waals surface area contributed by atoms with Gasteiger partial charge >= 0.3 is 20.3 Å². The van der Waals surface area contributed by atoms with E-state index in [4.69, 9.17) is 41.3 Å². The molecule has 0 spiro atoms. The Hall–Kier alpha value is -3.30. The number of carbonyl (C=O) groups excluding carboxylic acids is 1. The second-order valence-electron chi connectivity index (χ2n) is 12.1. The molecule has 3 aromatic heterocycles. The zero-order valence-electron chi connectivity index (χ0n) is 26.0.